The van der Waals surface area contributed by atoms with E-state index in [-0.39, 0.29) is 24.7 Å². The summed E-state index contributed by atoms with van der Waals surface area (Å²) >= 11 is 0. The van der Waals surface area contributed by atoms with E-state index in [1.54, 1.807) is 6.92 Å². The summed E-state index contributed by atoms with van der Waals surface area (Å²) in [4.78, 5) is 18.4. The van der Waals surface area contributed by atoms with E-state index in [1.165, 1.54) is 12.4 Å². The van der Waals surface area contributed by atoms with Crippen molar-refractivity contribution in [3.63, 3.8) is 0 Å². The number of carboxylic acids is 1. The standard InChI is InChI=1S/C10H15N3O4/c1-2-10(5-14,6-15)13-8-7(9(16)17)11-3-4-12-8/h3-4,14-15H,2,5-6H2,1H3,(H,12,13)(H,16,17). The molecule has 0 aromatic carbocycles. The monoisotopic (exact) mass is 241 g/mol. The molecule has 94 valence electrons. The van der Waals surface area contributed by atoms with Crippen LogP contribution in [0.1, 0.15) is 23.8 Å². The summed E-state index contributed by atoms with van der Waals surface area (Å²) in [7, 11) is 0. The van der Waals surface area contributed by atoms with Crippen LogP contribution in [0.15, 0.2) is 12.4 Å². The van der Waals surface area contributed by atoms with E-state index in [2.05, 4.69) is 15.3 Å². The number of aromatic nitrogens is 2. The van der Waals surface area contributed by atoms with Gasteiger partial charge in [-0.1, -0.05) is 6.92 Å². The molecule has 7 nitrogen and oxygen atoms in total. The van der Waals surface area contributed by atoms with Crippen molar-refractivity contribution in [2.24, 2.45) is 0 Å². The number of rotatable bonds is 6. The van der Waals surface area contributed by atoms with Gasteiger partial charge < -0.3 is 20.6 Å². The van der Waals surface area contributed by atoms with Crippen molar-refractivity contribution in [3.8, 4) is 0 Å². The lowest BCUT2D eigenvalue weighted by Crippen LogP contribution is -2.45. The summed E-state index contributed by atoms with van der Waals surface area (Å²) < 4.78 is 0. The Bertz CT molecular complexity index is 385. The minimum Gasteiger partial charge on any atom is -0.476 e. The van der Waals surface area contributed by atoms with Crippen molar-refractivity contribution in [1.29, 1.82) is 0 Å². The number of hydrogen-bond donors (Lipinski definition) is 4. The molecule has 4 N–H and O–H groups in total. The van der Waals surface area contributed by atoms with E-state index in [4.69, 9.17) is 5.11 Å². The fourth-order valence-electron chi connectivity index (χ4n) is 1.28. The molecule has 1 aromatic rings. The number of anilines is 1. The van der Waals surface area contributed by atoms with Crippen LogP contribution in [0.25, 0.3) is 0 Å². The Morgan fingerprint density at radius 3 is 2.41 bits per heavy atom. The summed E-state index contributed by atoms with van der Waals surface area (Å²) in [6.45, 7) is 1.08. The van der Waals surface area contributed by atoms with Crippen LogP contribution >= 0.6 is 0 Å². The average Bonchev–Trinajstić information content (AvgIpc) is 2.36. The number of carbonyl (C=O) groups is 1. The highest BCUT2D eigenvalue weighted by Crippen LogP contribution is 2.18. The molecule has 0 aliphatic heterocycles. The molecular formula is C10H15N3O4. The molecule has 0 saturated carbocycles. The Kier molecular flexibility index (Phi) is 4.36. The summed E-state index contributed by atoms with van der Waals surface area (Å²) in [5, 5.41) is 30.1. The first-order valence-corrected chi connectivity index (χ1v) is 5.12. The molecule has 0 unspecified atom stereocenters. The van der Waals surface area contributed by atoms with Crippen LogP contribution in [-0.2, 0) is 0 Å². The summed E-state index contributed by atoms with van der Waals surface area (Å²) in [5.74, 6) is -1.19. The van der Waals surface area contributed by atoms with Crippen molar-refractivity contribution in [1.82, 2.24) is 9.97 Å². The Morgan fingerprint density at radius 1 is 1.35 bits per heavy atom. The van der Waals surface area contributed by atoms with Gasteiger partial charge in [-0.2, -0.15) is 0 Å². The van der Waals surface area contributed by atoms with Crippen LogP contribution in [0.2, 0.25) is 0 Å². The molecule has 0 aliphatic rings. The second-order valence-corrected chi connectivity index (χ2v) is 3.63. The molecule has 0 aliphatic carbocycles. The first kappa shape index (κ1) is 13.3. The average molecular weight is 241 g/mol. The minimum atomic E-state index is -1.22. The van der Waals surface area contributed by atoms with E-state index in [9.17, 15) is 15.0 Å². The first-order valence-electron chi connectivity index (χ1n) is 5.12. The first-order chi connectivity index (χ1) is 8.08. The zero-order valence-corrected chi connectivity index (χ0v) is 9.42. The number of nitrogens with zero attached hydrogens (tertiary/aromatic N) is 2. The van der Waals surface area contributed by atoms with Gasteiger partial charge in [0, 0.05) is 12.4 Å². The molecule has 7 heteroatoms. The molecule has 1 rings (SSSR count). The van der Waals surface area contributed by atoms with Gasteiger partial charge in [-0.25, -0.2) is 14.8 Å². The predicted molar refractivity (Wildman–Crippen MR) is 59.8 cm³/mol. The lowest BCUT2D eigenvalue weighted by atomic mass is 9.98. The number of aromatic carboxylic acids is 1. The van der Waals surface area contributed by atoms with Crippen molar-refractivity contribution in [3.05, 3.63) is 18.1 Å². The maximum absolute atomic E-state index is 10.9. The molecule has 1 aromatic heterocycles. The third kappa shape index (κ3) is 2.89. The second-order valence-electron chi connectivity index (χ2n) is 3.63. The number of aliphatic hydroxyl groups excluding tert-OH is 2. The highest BCUT2D eigenvalue weighted by molar-refractivity contribution is 5.90. The Balaban J connectivity index is 3.05. The zero-order chi connectivity index (χ0) is 12.9. The van der Waals surface area contributed by atoms with E-state index in [0.717, 1.165) is 0 Å². The molecule has 0 saturated heterocycles. The fraction of sp³-hybridized carbons (Fsp3) is 0.500. The molecule has 17 heavy (non-hydrogen) atoms. The molecule has 0 amide bonds. The number of aliphatic hydroxyl groups is 2. The van der Waals surface area contributed by atoms with Crippen LogP contribution < -0.4 is 5.32 Å². The van der Waals surface area contributed by atoms with Crippen molar-refractivity contribution in [2.75, 3.05) is 18.5 Å². The summed E-state index contributed by atoms with van der Waals surface area (Å²) in [6.07, 6.45) is 3.01. The fourth-order valence-corrected chi connectivity index (χ4v) is 1.28. The Morgan fingerprint density at radius 2 is 1.94 bits per heavy atom. The van der Waals surface area contributed by atoms with E-state index in [0.29, 0.717) is 6.42 Å². The topological polar surface area (TPSA) is 116 Å². The van der Waals surface area contributed by atoms with Gasteiger partial charge in [0.05, 0.1) is 18.8 Å². The SMILES string of the molecule is CCC(CO)(CO)Nc1nccnc1C(=O)O. The molecule has 1 heterocycles. The Hall–Kier alpha value is -1.73. The smallest absolute Gasteiger partial charge is 0.358 e. The van der Waals surface area contributed by atoms with Crippen LogP contribution in [0.5, 0.6) is 0 Å². The molecule has 0 spiro atoms. The second kappa shape index (κ2) is 5.55. The maximum atomic E-state index is 10.9. The molecule has 0 atom stereocenters. The van der Waals surface area contributed by atoms with Crippen LogP contribution in [0.4, 0.5) is 5.82 Å². The van der Waals surface area contributed by atoms with Gasteiger partial charge >= 0.3 is 5.97 Å². The largest absolute Gasteiger partial charge is 0.476 e. The molecule has 0 bridgehead atoms. The quantitative estimate of drug-likeness (QED) is 0.541. The highest BCUT2D eigenvalue weighted by Gasteiger charge is 2.28. The number of carboxylic acid groups (broad SMARTS) is 1. The van der Waals surface area contributed by atoms with Crippen molar-refractivity contribution < 1.29 is 20.1 Å². The normalized spacial score (nSPS) is 11.2. The third-order valence-electron chi connectivity index (χ3n) is 2.57. The minimum absolute atomic E-state index is 0.0324. The molecule has 0 radical (unpaired) electrons. The van der Waals surface area contributed by atoms with E-state index < -0.39 is 11.5 Å². The molecule has 0 fully saturated rings. The summed E-state index contributed by atoms with van der Waals surface area (Å²) in [5.41, 5.74) is -1.24. The van der Waals surface area contributed by atoms with E-state index >= 15 is 0 Å². The predicted octanol–water partition coefficient (Wildman–Crippen LogP) is -0.280. The van der Waals surface area contributed by atoms with Gasteiger partial charge in [-0.05, 0) is 6.42 Å². The number of nitrogens with one attached hydrogen (secondary N) is 1. The van der Waals surface area contributed by atoms with Gasteiger partial charge in [-0.15, -0.1) is 0 Å². The Labute approximate surface area is 98.2 Å². The van der Waals surface area contributed by atoms with Gasteiger partial charge in [0.1, 0.15) is 0 Å². The van der Waals surface area contributed by atoms with Gasteiger partial charge in [0.25, 0.3) is 0 Å². The van der Waals surface area contributed by atoms with Gasteiger partial charge in [0.2, 0.25) is 0 Å². The zero-order valence-electron chi connectivity index (χ0n) is 9.42. The van der Waals surface area contributed by atoms with Gasteiger partial charge in [0.15, 0.2) is 11.5 Å². The van der Waals surface area contributed by atoms with Crippen LogP contribution in [0.3, 0.4) is 0 Å². The van der Waals surface area contributed by atoms with Crippen molar-refractivity contribution >= 4 is 11.8 Å². The summed E-state index contributed by atoms with van der Waals surface area (Å²) in [6, 6.07) is 0. The van der Waals surface area contributed by atoms with Crippen LogP contribution in [-0.4, -0.2) is 50.0 Å². The van der Waals surface area contributed by atoms with Crippen LogP contribution in [0, 0.1) is 0 Å². The van der Waals surface area contributed by atoms with Gasteiger partial charge in [-0.3, -0.25) is 0 Å². The van der Waals surface area contributed by atoms with E-state index in [1.807, 2.05) is 0 Å². The molecular weight excluding hydrogens is 226 g/mol. The van der Waals surface area contributed by atoms with Crippen molar-refractivity contribution in [2.45, 2.75) is 18.9 Å². The lowest BCUT2D eigenvalue weighted by molar-refractivity contribution is 0.0690. The lowest BCUT2D eigenvalue weighted by Gasteiger charge is -2.30. The number of hydrogen-bond acceptors (Lipinski definition) is 6. The third-order valence-corrected chi connectivity index (χ3v) is 2.57. The highest BCUT2D eigenvalue weighted by atomic mass is 16.4. The maximum Gasteiger partial charge on any atom is 0.358 e.